The van der Waals surface area contributed by atoms with E-state index in [1.54, 1.807) is 0 Å². The van der Waals surface area contributed by atoms with Crippen molar-refractivity contribution in [2.45, 2.75) is 87.9 Å². The van der Waals surface area contributed by atoms with Gasteiger partial charge >= 0.3 is 0 Å². The van der Waals surface area contributed by atoms with E-state index >= 15 is 0 Å². The average molecular weight is 381 g/mol. The summed E-state index contributed by atoms with van der Waals surface area (Å²) in [5, 5.41) is 8.98. The lowest BCUT2D eigenvalue weighted by Gasteiger charge is -2.58. The smallest absolute Gasteiger partial charge is 0.223 e. The first-order valence-corrected chi connectivity index (χ1v) is 11.0. The molecule has 2 saturated heterocycles. The number of hydrogen-bond acceptors (Lipinski definition) is 2. The minimum absolute atomic E-state index is 0.0916. The number of carbonyl (C=O) groups excluding carboxylic acids is 1. The molecule has 3 unspecified atom stereocenters. The second kappa shape index (κ2) is 5.80. The molecule has 5 aliphatic rings. The normalized spacial score (nSPS) is 34.9. The second-order valence-electron chi connectivity index (χ2n) is 9.97. The zero-order chi connectivity index (χ0) is 19.0. The minimum atomic E-state index is -1.00. The first-order valence-electron chi connectivity index (χ1n) is 11.0. The van der Waals surface area contributed by atoms with Crippen LogP contribution in [0.15, 0.2) is 18.2 Å². The molecule has 1 aromatic heterocycles. The molecule has 5 fully saturated rings. The fourth-order valence-corrected chi connectivity index (χ4v) is 6.62. The molecule has 148 valence electrons. The zero-order valence-corrected chi connectivity index (χ0v) is 16.5. The Labute approximate surface area is 164 Å². The number of carbonyl (C=O) groups is 1. The summed E-state index contributed by atoms with van der Waals surface area (Å²) in [4.78, 5) is 15.4. The first kappa shape index (κ1) is 17.0. The van der Waals surface area contributed by atoms with E-state index in [1.807, 2.05) is 0 Å². The van der Waals surface area contributed by atoms with Crippen LogP contribution in [-0.2, 0) is 4.79 Å². The topological polar surface area (TPSA) is 49.0 Å². The summed E-state index contributed by atoms with van der Waals surface area (Å²) < 4.78 is 15.0. The number of rotatable bonds is 4. The summed E-state index contributed by atoms with van der Waals surface area (Å²) in [5.74, 6) is 1.43. The number of fused-ring (bicyclic) bond motifs is 1. The predicted octanol–water partition coefficient (Wildman–Crippen LogP) is 4.82. The highest BCUT2D eigenvalue weighted by Gasteiger charge is 2.56. The Morgan fingerprint density at radius 2 is 2.04 bits per heavy atom. The minimum Gasteiger partial charge on any atom is -0.336 e. The third-order valence-electron chi connectivity index (χ3n) is 7.77. The summed E-state index contributed by atoms with van der Waals surface area (Å²) in [5.41, 5.74) is 2.48. The molecule has 3 saturated carbocycles. The molecule has 5 heteroatoms. The van der Waals surface area contributed by atoms with Crippen LogP contribution in [0.25, 0.3) is 10.9 Å². The van der Waals surface area contributed by atoms with Crippen molar-refractivity contribution in [1.29, 1.82) is 0 Å². The first-order chi connectivity index (χ1) is 13.5. The Morgan fingerprint density at radius 3 is 2.71 bits per heavy atom. The van der Waals surface area contributed by atoms with Crippen LogP contribution in [0, 0.1) is 5.92 Å². The lowest BCUT2D eigenvalue weighted by Crippen LogP contribution is -2.64. The summed E-state index contributed by atoms with van der Waals surface area (Å²) in [6.45, 7) is 2.13. The monoisotopic (exact) mass is 381 g/mol. The van der Waals surface area contributed by atoms with Crippen molar-refractivity contribution < 1.29 is 9.18 Å². The van der Waals surface area contributed by atoms with Gasteiger partial charge in [-0.15, -0.1) is 0 Å². The van der Waals surface area contributed by atoms with Crippen molar-refractivity contribution >= 4 is 16.8 Å². The molecule has 3 atom stereocenters. The lowest BCUT2D eigenvalue weighted by atomic mass is 9.62. The van der Waals surface area contributed by atoms with Gasteiger partial charge in [-0.05, 0) is 55.6 Å². The third kappa shape index (κ3) is 2.54. The molecule has 1 amide bonds. The number of alkyl halides is 1. The van der Waals surface area contributed by atoms with Gasteiger partial charge in [-0.3, -0.25) is 9.89 Å². The van der Waals surface area contributed by atoms with Crippen LogP contribution in [0.5, 0.6) is 0 Å². The number of halogens is 1. The van der Waals surface area contributed by atoms with E-state index in [0.29, 0.717) is 31.1 Å². The molecule has 4 nitrogen and oxygen atoms in total. The van der Waals surface area contributed by atoms with E-state index < -0.39 is 5.67 Å². The molecule has 4 bridgehead atoms. The molecular formula is C23H28FN3O. The third-order valence-corrected chi connectivity index (χ3v) is 7.77. The van der Waals surface area contributed by atoms with Crippen molar-refractivity contribution in [3.05, 3.63) is 29.5 Å². The van der Waals surface area contributed by atoms with E-state index in [-0.39, 0.29) is 23.9 Å². The maximum atomic E-state index is 15.0. The standard InChI is InChI=1S/C23H28FN3O/c1-13(22-21-18(15-5-6-15)3-2-4-19(21)25-26-22)7-20(28)27-16-8-14-9-17(27)12-23(24,10-14)11-16/h2-4,13-17H,5-12H2,1H3,(H,25,26). The molecule has 1 N–H and O–H groups in total. The van der Waals surface area contributed by atoms with Gasteiger partial charge in [0.2, 0.25) is 5.91 Å². The number of amides is 1. The summed E-state index contributed by atoms with van der Waals surface area (Å²) >= 11 is 0. The van der Waals surface area contributed by atoms with Crippen molar-refractivity contribution in [3.63, 3.8) is 0 Å². The van der Waals surface area contributed by atoms with Crippen LogP contribution >= 0.6 is 0 Å². The summed E-state index contributed by atoms with van der Waals surface area (Å²) in [6.07, 6.45) is 6.82. The lowest BCUT2D eigenvalue weighted by molar-refractivity contribution is -0.160. The Hall–Kier alpha value is -1.91. The highest BCUT2D eigenvalue weighted by molar-refractivity contribution is 5.87. The average Bonchev–Trinajstić information content (AvgIpc) is 3.37. The van der Waals surface area contributed by atoms with Gasteiger partial charge in [0.25, 0.3) is 0 Å². The van der Waals surface area contributed by atoms with E-state index in [9.17, 15) is 9.18 Å². The van der Waals surface area contributed by atoms with Crippen molar-refractivity contribution in [1.82, 2.24) is 15.1 Å². The van der Waals surface area contributed by atoms with Gasteiger partial charge in [0.1, 0.15) is 5.67 Å². The fourth-order valence-electron chi connectivity index (χ4n) is 6.62. The number of piperidine rings is 2. The molecule has 0 radical (unpaired) electrons. The summed E-state index contributed by atoms with van der Waals surface area (Å²) in [6, 6.07) is 6.60. The SMILES string of the molecule is CC(CC(=O)N1C2CC3CC1CC(F)(C3)C2)c1[nH]nc2cccc(C3CC3)c12. The number of nitrogens with one attached hydrogen (secondary N) is 1. The van der Waals surface area contributed by atoms with Crippen LogP contribution in [-0.4, -0.2) is 38.8 Å². The Balaban J connectivity index is 1.25. The number of benzene rings is 1. The van der Waals surface area contributed by atoms with Crippen molar-refractivity contribution in [2.75, 3.05) is 0 Å². The Kier molecular flexibility index (Phi) is 3.52. The molecule has 1 aromatic carbocycles. The summed E-state index contributed by atoms with van der Waals surface area (Å²) in [7, 11) is 0. The Bertz CT molecular complexity index is 932. The van der Waals surface area contributed by atoms with Crippen LogP contribution in [0.1, 0.15) is 81.4 Å². The highest BCUT2D eigenvalue weighted by atomic mass is 19.1. The van der Waals surface area contributed by atoms with E-state index in [4.69, 9.17) is 0 Å². The van der Waals surface area contributed by atoms with Gasteiger partial charge in [0, 0.05) is 48.3 Å². The van der Waals surface area contributed by atoms with E-state index in [0.717, 1.165) is 30.5 Å². The number of hydrogen-bond donors (Lipinski definition) is 1. The number of nitrogens with zero attached hydrogens (tertiary/aromatic N) is 2. The number of aromatic amines is 1. The van der Waals surface area contributed by atoms with Gasteiger partial charge in [0.15, 0.2) is 0 Å². The second-order valence-corrected chi connectivity index (χ2v) is 9.97. The van der Waals surface area contributed by atoms with Crippen LogP contribution < -0.4 is 0 Å². The molecule has 0 spiro atoms. The molecule has 2 aromatic rings. The van der Waals surface area contributed by atoms with Gasteiger partial charge in [-0.2, -0.15) is 5.10 Å². The van der Waals surface area contributed by atoms with Gasteiger partial charge in [0.05, 0.1) is 5.52 Å². The molecule has 7 rings (SSSR count). The largest absolute Gasteiger partial charge is 0.336 e. The van der Waals surface area contributed by atoms with E-state index in [1.165, 1.54) is 23.8 Å². The van der Waals surface area contributed by atoms with Crippen molar-refractivity contribution in [3.8, 4) is 0 Å². The van der Waals surface area contributed by atoms with E-state index in [2.05, 4.69) is 40.2 Å². The van der Waals surface area contributed by atoms with Gasteiger partial charge < -0.3 is 4.90 Å². The maximum absolute atomic E-state index is 15.0. The van der Waals surface area contributed by atoms with Gasteiger partial charge in [-0.1, -0.05) is 19.1 Å². The van der Waals surface area contributed by atoms with Crippen LogP contribution in [0.4, 0.5) is 4.39 Å². The zero-order valence-electron chi connectivity index (χ0n) is 16.5. The maximum Gasteiger partial charge on any atom is 0.223 e. The fraction of sp³-hybridized carbons (Fsp3) is 0.652. The van der Waals surface area contributed by atoms with Crippen LogP contribution in [0.3, 0.4) is 0 Å². The molecule has 2 aliphatic heterocycles. The quantitative estimate of drug-likeness (QED) is 0.826. The number of H-pyrrole nitrogens is 1. The molecule has 3 heterocycles. The Morgan fingerprint density at radius 1 is 1.29 bits per heavy atom. The number of aromatic nitrogens is 2. The molecule has 3 aliphatic carbocycles. The van der Waals surface area contributed by atoms with Crippen molar-refractivity contribution in [2.24, 2.45) is 5.92 Å². The van der Waals surface area contributed by atoms with Crippen LogP contribution in [0.2, 0.25) is 0 Å². The molecular weight excluding hydrogens is 353 g/mol. The molecule has 28 heavy (non-hydrogen) atoms. The van der Waals surface area contributed by atoms with Gasteiger partial charge in [-0.25, -0.2) is 4.39 Å². The highest BCUT2D eigenvalue weighted by Crippen LogP contribution is 2.53. The predicted molar refractivity (Wildman–Crippen MR) is 106 cm³/mol.